The van der Waals surface area contributed by atoms with Crippen molar-refractivity contribution in [1.29, 1.82) is 0 Å². The maximum absolute atomic E-state index is 12.4. The second kappa shape index (κ2) is 7.76. The number of carbonyl (C=O) groups is 1. The van der Waals surface area contributed by atoms with Crippen LogP contribution in [0.5, 0.6) is 5.75 Å². The number of urea groups is 1. The number of nitrogens with one attached hydrogen (secondary N) is 2. The third-order valence-electron chi connectivity index (χ3n) is 4.25. The maximum atomic E-state index is 12.4. The van der Waals surface area contributed by atoms with Crippen molar-refractivity contribution in [3.63, 3.8) is 0 Å². The zero-order valence-electron chi connectivity index (χ0n) is 15.7. The van der Waals surface area contributed by atoms with E-state index in [1.807, 2.05) is 43.3 Å². The van der Waals surface area contributed by atoms with E-state index in [0.717, 1.165) is 10.9 Å². The number of anilines is 2. The van der Waals surface area contributed by atoms with Crippen LogP contribution in [0.15, 0.2) is 63.1 Å². The fraction of sp³-hybridized carbons (Fsp3) is 0.0952. The van der Waals surface area contributed by atoms with Crippen molar-refractivity contribution in [2.75, 3.05) is 17.7 Å². The van der Waals surface area contributed by atoms with E-state index in [9.17, 15) is 9.59 Å². The number of carbonyl (C=O) groups excluding carboxylic acids is 1. The minimum atomic E-state index is -0.525. The molecule has 0 atom stereocenters. The number of rotatable bonds is 4. The van der Waals surface area contributed by atoms with Gasteiger partial charge in [0.1, 0.15) is 0 Å². The van der Waals surface area contributed by atoms with Gasteiger partial charge in [0.25, 0.3) is 0 Å². The van der Waals surface area contributed by atoms with Gasteiger partial charge in [0, 0.05) is 16.5 Å². The number of hydrogen-bond donors (Lipinski definition) is 2. The number of aryl methyl sites for hydroxylation is 1. The summed E-state index contributed by atoms with van der Waals surface area (Å²) in [6.07, 6.45) is 0. The Kier molecular flexibility index (Phi) is 5.01. The van der Waals surface area contributed by atoms with Crippen LogP contribution >= 0.6 is 11.3 Å². The summed E-state index contributed by atoms with van der Waals surface area (Å²) in [6.45, 7) is 1.97. The van der Waals surface area contributed by atoms with Gasteiger partial charge in [0.2, 0.25) is 0 Å². The molecule has 8 heteroatoms. The zero-order valence-corrected chi connectivity index (χ0v) is 16.5. The number of hydrogen-bond acceptors (Lipinski definition) is 6. The second-order valence-corrected chi connectivity index (χ2v) is 7.17. The van der Waals surface area contributed by atoms with Crippen molar-refractivity contribution in [1.82, 2.24) is 4.98 Å². The number of aromatic nitrogens is 1. The van der Waals surface area contributed by atoms with Crippen LogP contribution in [0.25, 0.3) is 22.2 Å². The highest BCUT2D eigenvalue weighted by atomic mass is 32.1. The summed E-state index contributed by atoms with van der Waals surface area (Å²) >= 11 is 1.22. The summed E-state index contributed by atoms with van der Waals surface area (Å²) in [5, 5.41) is 8.20. The first-order valence-electron chi connectivity index (χ1n) is 8.75. The minimum absolute atomic E-state index is 0.314. The molecule has 2 aromatic heterocycles. The van der Waals surface area contributed by atoms with Crippen molar-refractivity contribution < 1.29 is 13.9 Å². The van der Waals surface area contributed by atoms with Crippen molar-refractivity contribution in [3.8, 4) is 17.0 Å². The molecule has 0 aliphatic heterocycles. The molecule has 0 aliphatic carbocycles. The molecule has 7 nitrogen and oxygen atoms in total. The average Bonchev–Trinajstić information content (AvgIpc) is 3.16. The first kappa shape index (κ1) is 18.7. The Morgan fingerprint density at radius 2 is 1.93 bits per heavy atom. The number of amides is 2. The van der Waals surface area contributed by atoms with Gasteiger partial charge < -0.3 is 14.5 Å². The lowest BCUT2D eigenvalue weighted by atomic mass is 10.1. The molecule has 4 rings (SSSR count). The molecule has 0 radical (unpaired) electrons. The number of ether oxygens (including phenoxy) is 1. The van der Waals surface area contributed by atoms with Crippen LogP contribution in [0.3, 0.4) is 0 Å². The van der Waals surface area contributed by atoms with Gasteiger partial charge in [-0.2, -0.15) is 0 Å². The largest absolute Gasteiger partial charge is 0.493 e. The Morgan fingerprint density at radius 1 is 1.14 bits per heavy atom. The smallest absolute Gasteiger partial charge is 0.345 e. The topological polar surface area (TPSA) is 93.5 Å². The Hall–Kier alpha value is -3.65. The van der Waals surface area contributed by atoms with Gasteiger partial charge in [-0.3, -0.25) is 5.32 Å². The molecule has 0 aliphatic rings. The molecular formula is C21H17N3O4S. The maximum Gasteiger partial charge on any atom is 0.345 e. The summed E-state index contributed by atoms with van der Waals surface area (Å²) in [6, 6.07) is 14.1. The third kappa shape index (κ3) is 3.97. The van der Waals surface area contributed by atoms with Crippen LogP contribution in [-0.4, -0.2) is 18.1 Å². The van der Waals surface area contributed by atoms with E-state index in [0.29, 0.717) is 33.4 Å². The van der Waals surface area contributed by atoms with Gasteiger partial charge >= 0.3 is 11.7 Å². The Bertz CT molecular complexity index is 1250. The first-order valence-corrected chi connectivity index (χ1v) is 9.63. The van der Waals surface area contributed by atoms with E-state index in [4.69, 9.17) is 9.15 Å². The lowest BCUT2D eigenvalue weighted by Crippen LogP contribution is -2.19. The predicted octanol–water partition coefficient (Wildman–Crippen LogP) is 4.88. The van der Waals surface area contributed by atoms with Gasteiger partial charge in [0.15, 0.2) is 16.5 Å². The molecule has 29 heavy (non-hydrogen) atoms. The quantitative estimate of drug-likeness (QED) is 0.471. The normalized spacial score (nSPS) is 10.7. The summed E-state index contributed by atoms with van der Waals surface area (Å²) in [7, 11) is 1.52. The van der Waals surface area contributed by atoms with Gasteiger partial charge in [-0.25, -0.2) is 14.6 Å². The van der Waals surface area contributed by atoms with E-state index in [-0.39, 0.29) is 0 Å². The molecule has 2 N–H and O–H groups in total. The van der Waals surface area contributed by atoms with E-state index in [1.165, 1.54) is 18.4 Å². The van der Waals surface area contributed by atoms with Gasteiger partial charge in [0.05, 0.1) is 18.4 Å². The van der Waals surface area contributed by atoms with E-state index in [2.05, 4.69) is 15.6 Å². The predicted molar refractivity (Wildman–Crippen MR) is 114 cm³/mol. The molecule has 0 unspecified atom stereocenters. The molecule has 2 amide bonds. The molecule has 4 aromatic rings. The SMILES string of the molecule is COc1cccc2cc(-c3csc(NC(=O)Nc4ccc(C)cc4)n3)c(=O)oc12. The second-order valence-electron chi connectivity index (χ2n) is 6.31. The van der Waals surface area contributed by atoms with Crippen LogP contribution in [0.1, 0.15) is 5.56 Å². The van der Waals surface area contributed by atoms with Crippen molar-refractivity contribution in [3.05, 3.63) is 69.9 Å². The number of methoxy groups -OCH3 is 1. The van der Waals surface area contributed by atoms with Crippen molar-refractivity contribution >= 4 is 39.2 Å². The lowest BCUT2D eigenvalue weighted by molar-refractivity contribution is 0.262. The standard InChI is InChI=1S/C21H17N3O4S/c1-12-6-8-14(9-7-12)22-20(26)24-21-23-16(11-29-21)15-10-13-4-3-5-17(27-2)18(13)28-19(15)25/h3-11H,1-2H3,(H2,22,23,24,26). The van der Waals surface area contributed by atoms with Crippen molar-refractivity contribution in [2.24, 2.45) is 0 Å². The number of para-hydroxylation sites is 1. The Balaban J connectivity index is 1.56. The number of thiazole rings is 1. The van der Waals surface area contributed by atoms with Gasteiger partial charge in [-0.1, -0.05) is 29.8 Å². The molecule has 0 fully saturated rings. The monoisotopic (exact) mass is 407 g/mol. The molecular weight excluding hydrogens is 390 g/mol. The van der Waals surface area contributed by atoms with Crippen molar-refractivity contribution in [2.45, 2.75) is 6.92 Å². The minimum Gasteiger partial charge on any atom is -0.493 e. The summed E-state index contributed by atoms with van der Waals surface area (Å²) < 4.78 is 10.7. The molecule has 0 saturated heterocycles. The summed E-state index contributed by atoms with van der Waals surface area (Å²) in [5.74, 6) is 0.486. The van der Waals surface area contributed by atoms with Gasteiger partial charge in [-0.05, 0) is 31.2 Å². The molecule has 2 aromatic carbocycles. The van der Waals surface area contributed by atoms with E-state index < -0.39 is 11.7 Å². The fourth-order valence-electron chi connectivity index (χ4n) is 2.81. The lowest BCUT2D eigenvalue weighted by Gasteiger charge is -2.05. The highest BCUT2D eigenvalue weighted by molar-refractivity contribution is 7.14. The zero-order chi connectivity index (χ0) is 20.4. The number of benzene rings is 2. The van der Waals surface area contributed by atoms with Crippen LogP contribution in [-0.2, 0) is 0 Å². The molecule has 0 bridgehead atoms. The Morgan fingerprint density at radius 3 is 2.69 bits per heavy atom. The first-order chi connectivity index (χ1) is 14.0. The highest BCUT2D eigenvalue weighted by Gasteiger charge is 2.14. The summed E-state index contributed by atoms with van der Waals surface area (Å²) in [5.41, 5.74) is 2.38. The van der Waals surface area contributed by atoms with Crippen LogP contribution < -0.4 is 21.0 Å². The molecule has 0 saturated carbocycles. The van der Waals surface area contributed by atoms with E-state index >= 15 is 0 Å². The van der Waals surface area contributed by atoms with Crippen LogP contribution in [0.4, 0.5) is 15.6 Å². The summed E-state index contributed by atoms with van der Waals surface area (Å²) in [4.78, 5) is 29.0. The van der Waals surface area contributed by atoms with Crippen LogP contribution in [0, 0.1) is 6.92 Å². The third-order valence-corrected chi connectivity index (χ3v) is 5.01. The molecule has 146 valence electrons. The van der Waals surface area contributed by atoms with Gasteiger partial charge in [-0.15, -0.1) is 11.3 Å². The van der Waals surface area contributed by atoms with E-state index in [1.54, 1.807) is 17.5 Å². The fourth-order valence-corrected chi connectivity index (χ4v) is 3.51. The number of fused-ring (bicyclic) bond motifs is 1. The number of nitrogens with zero attached hydrogens (tertiary/aromatic N) is 1. The molecule has 0 spiro atoms. The average molecular weight is 407 g/mol. The van der Waals surface area contributed by atoms with Crippen LogP contribution in [0.2, 0.25) is 0 Å². The molecule has 2 heterocycles. The Labute approximate surface area is 170 Å². The highest BCUT2D eigenvalue weighted by Crippen LogP contribution is 2.29.